The molecule has 0 aromatic heterocycles. The van der Waals surface area contributed by atoms with Crippen molar-refractivity contribution >= 4 is 15.8 Å². The molecule has 4 rings (SSSR count). The Labute approximate surface area is 173 Å². The maximum atomic E-state index is 15.8. The number of alkyl halides is 1. The average Bonchev–Trinajstić information content (AvgIpc) is 2.82. The van der Waals surface area contributed by atoms with Gasteiger partial charge in [-0.3, -0.25) is 4.28 Å². The predicted octanol–water partition coefficient (Wildman–Crippen LogP) is 4.37. The maximum absolute atomic E-state index is 15.8. The second-order valence-electron chi connectivity index (χ2n) is 10.6. The molecule has 29 heavy (non-hydrogen) atoms. The van der Waals surface area contributed by atoms with E-state index in [9.17, 15) is 13.5 Å². The lowest BCUT2D eigenvalue weighted by Crippen LogP contribution is -2.58. The van der Waals surface area contributed by atoms with Gasteiger partial charge in [-0.2, -0.15) is 8.42 Å². The predicted molar refractivity (Wildman–Crippen MR) is 111 cm³/mol. The van der Waals surface area contributed by atoms with Gasteiger partial charge in [0.15, 0.2) is 0 Å². The molecule has 3 saturated carbocycles. The van der Waals surface area contributed by atoms with Crippen LogP contribution in [0.4, 0.5) is 4.39 Å². The zero-order valence-electron chi connectivity index (χ0n) is 18.2. The van der Waals surface area contributed by atoms with Crippen LogP contribution in [0.15, 0.2) is 16.3 Å². The summed E-state index contributed by atoms with van der Waals surface area (Å²) in [6.07, 6.45) is 5.34. The first kappa shape index (κ1) is 21.3. The van der Waals surface area contributed by atoms with Gasteiger partial charge in [0, 0.05) is 11.3 Å². The molecule has 0 spiro atoms. The van der Waals surface area contributed by atoms with Crippen LogP contribution in [0.2, 0.25) is 0 Å². The summed E-state index contributed by atoms with van der Waals surface area (Å²) in [6, 6.07) is 0. The largest absolute Gasteiger partial charge is 0.390 e. The lowest BCUT2D eigenvalue weighted by Gasteiger charge is -2.60. The van der Waals surface area contributed by atoms with Gasteiger partial charge in [-0.05, 0) is 81.6 Å². The SMILES string of the molecule is CC1=C2CC[C@@H]3[C@H]([C@@H](F)C[C@@]4(C)[C@H]3CC[C@]4(C)O)[C@@]2(C)CC/C1=N\OS(C)(=O)=O. The molecular weight excluding hydrogens is 393 g/mol. The maximum Gasteiger partial charge on any atom is 0.325 e. The molecule has 0 bridgehead atoms. The highest BCUT2D eigenvalue weighted by Gasteiger charge is 2.65. The number of fused-ring (bicyclic) bond motifs is 5. The van der Waals surface area contributed by atoms with Crippen LogP contribution in [-0.2, 0) is 14.4 Å². The molecule has 7 atom stereocenters. The molecule has 0 aromatic carbocycles. The number of halogens is 1. The van der Waals surface area contributed by atoms with Crippen LogP contribution in [0.5, 0.6) is 0 Å². The number of hydrogen-bond donors (Lipinski definition) is 1. The van der Waals surface area contributed by atoms with Crippen molar-refractivity contribution in [3.63, 3.8) is 0 Å². The second kappa shape index (κ2) is 6.52. The van der Waals surface area contributed by atoms with E-state index < -0.39 is 21.9 Å². The van der Waals surface area contributed by atoms with Crippen molar-refractivity contribution in [1.82, 2.24) is 0 Å². The van der Waals surface area contributed by atoms with Crippen LogP contribution in [0, 0.1) is 28.6 Å². The van der Waals surface area contributed by atoms with E-state index in [1.807, 2.05) is 13.8 Å². The van der Waals surface area contributed by atoms with Gasteiger partial charge in [-0.25, -0.2) is 4.39 Å². The highest BCUT2D eigenvalue weighted by Crippen LogP contribution is 2.68. The minimum atomic E-state index is -3.64. The van der Waals surface area contributed by atoms with Gasteiger partial charge in [-0.1, -0.05) is 24.6 Å². The first-order chi connectivity index (χ1) is 13.3. The van der Waals surface area contributed by atoms with Crippen molar-refractivity contribution < 1.29 is 22.2 Å². The van der Waals surface area contributed by atoms with Crippen LogP contribution in [0.1, 0.15) is 72.6 Å². The minimum Gasteiger partial charge on any atom is -0.390 e. The first-order valence-corrected chi connectivity index (χ1v) is 12.6. The summed E-state index contributed by atoms with van der Waals surface area (Å²) in [7, 11) is -3.64. The van der Waals surface area contributed by atoms with Crippen molar-refractivity contribution in [2.24, 2.45) is 33.7 Å². The number of nitrogens with zero attached hydrogens (tertiary/aromatic N) is 1. The zero-order chi connectivity index (χ0) is 21.4. The molecule has 4 aliphatic carbocycles. The van der Waals surface area contributed by atoms with E-state index in [2.05, 4.69) is 19.0 Å². The number of allylic oxidation sites excluding steroid dienone is 2. The van der Waals surface area contributed by atoms with Crippen LogP contribution in [0.25, 0.3) is 0 Å². The quantitative estimate of drug-likeness (QED) is 0.664. The van der Waals surface area contributed by atoms with Crippen LogP contribution in [-0.4, -0.2) is 37.3 Å². The molecule has 5 nitrogen and oxygen atoms in total. The fraction of sp³-hybridized carbons (Fsp3) is 0.864. The lowest BCUT2D eigenvalue weighted by molar-refractivity contribution is -0.146. The standard InChI is InChI=1S/C22H34FNO4S/c1-13-15-7-6-14-16-8-11-22(4,25)21(16,3)12-17(23)19(14)20(15,2)10-9-18(13)24-28-29(5,26)27/h14,16-17,19,25H,6-12H2,1-5H3/b24-18+/t14-,16-,17-,19+,20-,21-,22-/m0/s1. The van der Waals surface area contributed by atoms with Crippen LogP contribution in [0.3, 0.4) is 0 Å². The van der Waals surface area contributed by atoms with Crippen molar-refractivity contribution in [3.05, 3.63) is 11.1 Å². The van der Waals surface area contributed by atoms with E-state index in [0.717, 1.165) is 43.9 Å². The van der Waals surface area contributed by atoms with Gasteiger partial charge in [-0.15, -0.1) is 0 Å². The highest BCUT2D eigenvalue weighted by atomic mass is 32.2. The molecule has 0 aliphatic heterocycles. The molecule has 0 saturated heterocycles. The number of hydrogen-bond acceptors (Lipinski definition) is 5. The summed E-state index contributed by atoms with van der Waals surface area (Å²) in [4.78, 5) is 0. The third-order valence-electron chi connectivity index (χ3n) is 9.18. The zero-order valence-corrected chi connectivity index (χ0v) is 19.0. The van der Waals surface area contributed by atoms with Gasteiger partial charge in [0.25, 0.3) is 0 Å². The highest BCUT2D eigenvalue weighted by molar-refractivity contribution is 7.85. The third-order valence-corrected chi connectivity index (χ3v) is 9.53. The summed E-state index contributed by atoms with van der Waals surface area (Å²) < 4.78 is 43.2. The smallest absolute Gasteiger partial charge is 0.325 e. The Bertz CT molecular complexity index is 879. The Kier molecular flexibility index (Phi) is 4.79. The van der Waals surface area contributed by atoms with Crippen molar-refractivity contribution in [3.8, 4) is 0 Å². The minimum absolute atomic E-state index is 0.0504. The van der Waals surface area contributed by atoms with Crippen molar-refractivity contribution in [2.75, 3.05) is 6.26 Å². The van der Waals surface area contributed by atoms with Gasteiger partial charge < -0.3 is 5.11 Å². The summed E-state index contributed by atoms with van der Waals surface area (Å²) in [5, 5.41) is 14.9. The fourth-order valence-corrected chi connectivity index (χ4v) is 7.72. The first-order valence-electron chi connectivity index (χ1n) is 10.8. The average molecular weight is 428 g/mol. The molecule has 0 unspecified atom stereocenters. The molecule has 4 aliphatic rings. The fourth-order valence-electron chi connectivity index (χ4n) is 7.50. The monoisotopic (exact) mass is 427 g/mol. The Morgan fingerprint density at radius 1 is 1.17 bits per heavy atom. The van der Waals surface area contributed by atoms with E-state index in [-0.39, 0.29) is 22.7 Å². The molecule has 164 valence electrons. The molecule has 0 heterocycles. The van der Waals surface area contributed by atoms with E-state index in [1.54, 1.807) is 0 Å². The third kappa shape index (κ3) is 3.10. The second-order valence-corrected chi connectivity index (χ2v) is 12.2. The summed E-state index contributed by atoms with van der Waals surface area (Å²) in [5.41, 5.74) is 1.46. The summed E-state index contributed by atoms with van der Waals surface area (Å²) in [6.45, 7) is 8.16. The Hall–Kier alpha value is -0.950. The topological polar surface area (TPSA) is 76.0 Å². The molecule has 7 heteroatoms. The van der Waals surface area contributed by atoms with Crippen molar-refractivity contribution in [1.29, 1.82) is 0 Å². The molecule has 0 radical (unpaired) electrons. The molecule has 3 fully saturated rings. The molecule has 0 aromatic rings. The molecular formula is C22H34FNO4S. The lowest BCUT2D eigenvalue weighted by atomic mass is 9.45. The van der Waals surface area contributed by atoms with Crippen LogP contribution < -0.4 is 0 Å². The number of aliphatic hydroxyl groups is 1. The van der Waals surface area contributed by atoms with Crippen molar-refractivity contribution in [2.45, 2.75) is 84.4 Å². The number of rotatable bonds is 2. The summed E-state index contributed by atoms with van der Waals surface area (Å²) in [5.74, 6) is 0.590. The number of oxime groups is 1. The van der Waals surface area contributed by atoms with Gasteiger partial charge >= 0.3 is 10.1 Å². The van der Waals surface area contributed by atoms with E-state index in [1.165, 1.54) is 5.57 Å². The normalized spacial score (nSPS) is 48.9. The van der Waals surface area contributed by atoms with Gasteiger partial charge in [0.1, 0.15) is 6.17 Å². The summed E-state index contributed by atoms with van der Waals surface area (Å²) >= 11 is 0. The Morgan fingerprint density at radius 2 is 1.86 bits per heavy atom. The Balaban J connectivity index is 1.70. The van der Waals surface area contributed by atoms with E-state index >= 15 is 4.39 Å². The van der Waals surface area contributed by atoms with Gasteiger partial charge in [0.2, 0.25) is 0 Å². The van der Waals surface area contributed by atoms with Gasteiger partial charge in [0.05, 0.1) is 17.6 Å². The van der Waals surface area contributed by atoms with E-state index in [4.69, 9.17) is 4.28 Å². The molecule has 1 N–H and O–H groups in total. The molecule has 0 amide bonds. The van der Waals surface area contributed by atoms with Crippen LogP contribution >= 0.6 is 0 Å². The Morgan fingerprint density at radius 3 is 2.52 bits per heavy atom. The van der Waals surface area contributed by atoms with E-state index in [0.29, 0.717) is 24.5 Å².